The first-order chi connectivity index (χ1) is 11.1. The fourth-order valence-electron chi connectivity index (χ4n) is 2.20. The van der Waals surface area contributed by atoms with Crippen LogP contribution in [0.3, 0.4) is 0 Å². The molecule has 0 aliphatic heterocycles. The van der Waals surface area contributed by atoms with Gasteiger partial charge in [-0.25, -0.2) is 0 Å². The zero-order valence-electron chi connectivity index (χ0n) is 13.1. The molecule has 6 heteroatoms. The molecule has 120 valence electrons. The highest BCUT2D eigenvalue weighted by molar-refractivity contribution is 6.30. The predicted octanol–water partition coefficient (Wildman–Crippen LogP) is 3.85. The van der Waals surface area contributed by atoms with Crippen molar-refractivity contribution in [3.63, 3.8) is 0 Å². The van der Waals surface area contributed by atoms with Gasteiger partial charge in [-0.2, -0.15) is 5.26 Å². The Bertz CT molecular complexity index is 716. The molecule has 0 saturated carbocycles. The van der Waals surface area contributed by atoms with Gasteiger partial charge in [0, 0.05) is 11.6 Å². The molecule has 1 N–H and O–H groups in total. The second-order valence-corrected chi connectivity index (χ2v) is 5.13. The number of halogens is 1. The number of hydrogen-bond donors (Lipinski definition) is 1. The van der Waals surface area contributed by atoms with Gasteiger partial charge >= 0.3 is 0 Å². The van der Waals surface area contributed by atoms with Crippen LogP contribution in [-0.4, -0.2) is 21.3 Å². The van der Waals surface area contributed by atoms with Gasteiger partial charge in [-0.3, -0.25) is 0 Å². The topological polar surface area (TPSA) is 63.5 Å². The molecule has 2 aromatic rings. The van der Waals surface area contributed by atoms with Crippen LogP contribution in [0.5, 0.6) is 17.2 Å². The van der Waals surface area contributed by atoms with E-state index in [-0.39, 0.29) is 0 Å². The number of nitriles is 1. The summed E-state index contributed by atoms with van der Waals surface area (Å²) in [5.41, 5.74) is 2.13. The lowest BCUT2D eigenvalue weighted by Crippen LogP contribution is -2.03. The highest BCUT2D eigenvalue weighted by Gasteiger charge is 2.13. The number of benzene rings is 2. The third-order valence-electron chi connectivity index (χ3n) is 3.31. The zero-order valence-corrected chi connectivity index (χ0v) is 13.9. The molecule has 0 fully saturated rings. The van der Waals surface area contributed by atoms with Crippen molar-refractivity contribution >= 4 is 17.3 Å². The Morgan fingerprint density at radius 1 is 1.04 bits per heavy atom. The van der Waals surface area contributed by atoms with Crippen LogP contribution < -0.4 is 19.5 Å². The summed E-state index contributed by atoms with van der Waals surface area (Å²) in [5.74, 6) is 1.71. The van der Waals surface area contributed by atoms with Gasteiger partial charge in [0.2, 0.25) is 5.75 Å². The minimum atomic E-state index is 0.491. The van der Waals surface area contributed by atoms with Gasteiger partial charge < -0.3 is 19.5 Å². The molecule has 0 saturated heterocycles. The molecule has 0 aromatic heterocycles. The number of methoxy groups -OCH3 is 3. The second-order valence-electron chi connectivity index (χ2n) is 4.69. The number of nitrogens with zero attached hydrogens (tertiary/aromatic N) is 1. The van der Waals surface area contributed by atoms with Gasteiger partial charge in [0.15, 0.2) is 11.5 Å². The van der Waals surface area contributed by atoms with Crippen molar-refractivity contribution in [3.05, 3.63) is 46.5 Å². The Balaban J connectivity index is 2.26. The quantitative estimate of drug-likeness (QED) is 0.870. The molecule has 0 spiro atoms. The Morgan fingerprint density at radius 2 is 1.70 bits per heavy atom. The number of nitrogens with one attached hydrogen (secondary N) is 1. The van der Waals surface area contributed by atoms with Gasteiger partial charge in [-0.05, 0) is 35.9 Å². The standard InChI is InChI=1S/C17H17ClN2O3/c1-21-15-6-11(7-16(22-2)17(15)23-3)10-20-14-5-4-13(18)8-12(14)9-19/h4-8,20H,10H2,1-3H3. The molecule has 0 aliphatic carbocycles. The van der Waals surface area contributed by atoms with Crippen LogP contribution in [0.25, 0.3) is 0 Å². The van der Waals surface area contributed by atoms with Gasteiger partial charge in [0.25, 0.3) is 0 Å². The summed E-state index contributed by atoms with van der Waals surface area (Å²) in [6.45, 7) is 0.493. The molecule has 2 aromatic carbocycles. The first-order valence-electron chi connectivity index (χ1n) is 6.85. The highest BCUT2D eigenvalue weighted by Crippen LogP contribution is 2.38. The van der Waals surface area contributed by atoms with Crippen LogP contribution >= 0.6 is 11.6 Å². The fourth-order valence-corrected chi connectivity index (χ4v) is 2.37. The molecule has 0 aliphatic rings. The van der Waals surface area contributed by atoms with E-state index in [9.17, 15) is 0 Å². The Hall–Kier alpha value is -2.58. The predicted molar refractivity (Wildman–Crippen MR) is 89.6 cm³/mol. The van der Waals surface area contributed by atoms with Crippen LogP contribution in [0.1, 0.15) is 11.1 Å². The zero-order chi connectivity index (χ0) is 16.8. The van der Waals surface area contributed by atoms with Gasteiger partial charge in [0.05, 0.1) is 32.6 Å². The molecule has 0 heterocycles. The number of anilines is 1. The third kappa shape index (κ3) is 3.79. The minimum Gasteiger partial charge on any atom is -0.493 e. The maximum Gasteiger partial charge on any atom is 0.203 e. The summed E-state index contributed by atoms with van der Waals surface area (Å²) in [6.07, 6.45) is 0. The van der Waals surface area contributed by atoms with Crippen LogP contribution in [-0.2, 0) is 6.54 Å². The molecule has 2 rings (SSSR count). The summed E-state index contributed by atoms with van der Waals surface area (Å²) in [6, 6.07) is 11.0. The molecule has 0 atom stereocenters. The molecule has 0 amide bonds. The number of ether oxygens (including phenoxy) is 3. The SMILES string of the molecule is COc1cc(CNc2ccc(Cl)cc2C#N)cc(OC)c1OC. The third-order valence-corrected chi connectivity index (χ3v) is 3.54. The monoisotopic (exact) mass is 332 g/mol. The largest absolute Gasteiger partial charge is 0.493 e. The van der Waals surface area contributed by atoms with Crippen molar-refractivity contribution in [2.45, 2.75) is 6.54 Å². The van der Waals surface area contributed by atoms with E-state index in [1.54, 1.807) is 39.5 Å². The van der Waals surface area contributed by atoms with Crippen molar-refractivity contribution in [3.8, 4) is 23.3 Å². The van der Waals surface area contributed by atoms with E-state index in [1.807, 2.05) is 12.1 Å². The van der Waals surface area contributed by atoms with E-state index in [0.29, 0.717) is 40.1 Å². The van der Waals surface area contributed by atoms with Crippen LogP contribution in [0.2, 0.25) is 5.02 Å². The number of rotatable bonds is 6. The van der Waals surface area contributed by atoms with Gasteiger partial charge in [-0.15, -0.1) is 0 Å². The van der Waals surface area contributed by atoms with Gasteiger partial charge in [0.1, 0.15) is 6.07 Å². The van der Waals surface area contributed by atoms with Crippen molar-refractivity contribution < 1.29 is 14.2 Å². The Morgan fingerprint density at radius 3 is 2.22 bits per heavy atom. The summed E-state index contributed by atoms with van der Waals surface area (Å²) in [4.78, 5) is 0. The molecular weight excluding hydrogens is 316 g/mol. The first kappa shape index (κ1) is 16.8. The summed E-state index contributed by atoms with van der Waals surface area (Å²) >= 11 is 5.90. The van der Waals surface area contributed by atoms with Crippen molar-refractivity contribution in [1.82, 2.24) is 0 Å². The smallest absolute Gasteiger partial charge is 0.203 e. The highest BCUT2D eigenvalue weighted by atomic mass is 35.5. The molecule has 5 nitrogen and oxygen atoms in total. The maximum atomic E-state index is 9.17. The maximum absolute atomic E-state index is 9.17. The average Bonchev–Trinajstić information content (AvgIpc) is 2.59. The summed E-state index contributed by atoms with van der Waals surface area (Å²) in [5, 5.41) is 12.9. The average molecular weight is 333 g/mol. The van der Waals surface area contributed by atoms with Crippen molar-refractivity contribution in [2.75, 3.05) is 26.6 Å². The lowest BCUT2D eigenvalue weighted by molar-refractivity contribution is 0.324. The summed E-state index contributed by atoms with van der Waals surface area (Å²) < 4.78 is 16.0. The molecule has 23 heavy (non-hydrogen) atoms. The molecule has 0 unspecified atom stereocenters. The minimum absolute atomic E-state index is 0.491. The molecular formula is C17H17ClN2O3. The van der Waals surface area contributed by atoms with E-state index in [0.717, 1.165) is 5.56 Å². The molecule has 0 bridgehead atoms. The Kier molecular flexibility index (Phi) is 5.56. The lowest BCUT2D eigenvalue weighted by Gasteiger charge is -2.15. The van der Waals surface area contributed by atoms with Gasteiger partial charge in [-0.1, -0.05) is 11.6 Å². The first-order valence-corrected chi connectivity index (χ1v) is 7.23. The van der Waals surface area contributed by atoms with Crippen molar-refractivity contribution in [1.29, 1.82) is 5.26 Å². The van der Waals surface area contributed by atoms with Crippen LogP contribution in [0.4, 0.5) is 5.69 Å². The number of hydrogen-bond acceptors (Lipinski definition) is 5. The normalized spacial score (nSPS) is 9.87. The van der Waals surface area contributed by atoms with E-state index < -0.39 is 0 Å². The van der Waals surface area contributed by atoms with E-state index >= 15 is 0 Å². The van der Waals surface area contributed by atoms with E-state index in [4.69, 9.17) is 31.1 Å². The Labute approximate surface area is 140 Å². The van der Waals surface area contributed by atoms with Crippen molar-refractivity contribution in [2.24, 2.45) is 0 Å². The molecule has 0 radical (unpaired) electrons. The van der Waals surface area contributed by atoms with Crippen LogP contribution in [0, 0.1) is 11.3 Å². The summed E-state index contributed by atoms with van der Waals surface area (Å²) in [7, 11) is 4.70. The van der Waals surface area contributed by atoms with E-state index in [2.05, 4.69) is 11.4 Å². The van der Waals surface area contributed by atoms with Crippen LogP contribution in [0.15, 0.2) is 30.3 Å². The second kappa shape index (κ2) is 7.61. The fraction of sp³-hybridized carbons (Fsp3) is 0.235. The van der Waals surface area contributed by atoms with E-state index in [1.165, 1.54) is 0 Å². The lowest BCUT2D eigenvalue weighted by atomic mass is 10.1.